The number of nitrogens with zero attached hydrogens (tertiary/aromatic N) is 4. The third kappa shape index (κ3) is 3.82. The number of rotatable bonds is 6. The summed E-state index contributed by atoms with van der Waals surface area (Å²) < 4.78 is 10.4. The largest absolute Gasteiger partial charge is 0.495 e. The van der Waals surface area contributed by atoms with E-state index < -0.39 is 29.8 Å². The molecule has 0 bridgehead atoms. The first-order valence-electron chi connectivity index (χ1n) is 9.36. The fraction of sp³-hybridized carbons (Fsp3) is 0.250. The Bertz CT molecular complexity index is 1120. The lowest BCUT2D eigenvalue weighted by Gasteiger charge is -2.20. The van der Waals surface area contributed by atoms with Gasteiger partial charge in [-0.1, -0.05) is 28.4 Å². The Labute approximate surface area is 192 Å². The van der Waals surface area contributed by atoms with E-state index in [1.54, 1.807) is 24.3 Å². The highest BCUT2D eigenvalue weighted by Crippen LogP contribution is 2.36. The van der Waals surface area contributed by atoms with E-state index in [-0.39, 0.29) is 11.6 Å². The van der Waals surface area contributed by atoms with Crippen molar-refractivity contribution in [3.8, 4) is 11.5 Å². The zero-order chi connectivity index (χ0) is 23.0. The van der Waals surface area contributed by atoms with Gasteiger partial charge in [0.25, 0.3) is 11.8 Å². The van der Waals surface area contributed by atoms with E-state index in [4.69, 9.17) is 32.7 Å². The summed E-state index contributed by atoms with van der Waals surface area (Å²) >= 11 is 12.0. The Hall–Kier alpha value is -3.37. The number of halogens is 2. The molecular formula is C20H17Cl2N5O5. The van der Waals surface area contributed by atoms with E-state index in [0.717, 1.165) is 4.90 Å². The molecule has 1 fully saturated rings. The molecule has 12 heteroatoms. The van der Waals surface area contributed by atoms with Crippen LogP contribution in [0.2, 0.25) is 10.0 Å². The van der Waals surface area contributed by atoms with Gasteiger partial charge in [0.15, 0.2) is 12.1 Å². The molecule has 2 heterocycles. The number of carbonyl (C=O) groups is 3. The number of carbonyl (C=O) groups excluding carboxylic acids is 3. The van der Waals surface area contributed by atoms with E-state index in [0.29, 0.717) is 27.9 Å². The van der Waals surface area contributed by atoms with Crippen molar-refractivity contribution < 1.29 is 23.9 Å². The van der Waals surface area contributed by atoms with Crippen molar-refractivity contribution in [2.75, 3.05) is 31.0 Å². The van der Waals surface area contributed by atoms with Crippen LogP contribution in [-0.4, -0.2) is 55.6 Å². The lowest BCUT2D eigenvalue weighted by atomic mass is 10.1. The van der Waals surface area contributed by atoms with Crippen LogP contribution < -0.4 is 19.7 Å². The van der Waals surface area contributed by atoms with Crippen LogP contribution >= 0.6 is 23.2 Å². The van der Waals surface area contributed by atoms with E-state index >= 15 is 0 Å². The summed E-state index contributed by atoms with van der Waals surface area (Å²) in [6.45, 7) is -0.315. The Kier molecular flexibility index (Phi) is 5.90. The summed E-state index contributed by atoms with van der Waals surface area (Å²) in [5, 5.41) is 12.4. The van der Waals surface area contributed by atoms with Gasteiger partial charge in [0.2, 0.25) is 5.91 Å². The average Bonchev–Trinajstić information content (AvgIpc) is 3.28. The Balaban J connectivity index is 1.49. The van der Waals surface area contributed by atoms with Gasteiger partial charge in [-0.3, -0.25) is 19.4 Å². The van der Waals surface area contributed by atoms with Gasteiger partial charge in [-0.2, -0.15) is 5.11 Å². The van der Waals surface area contributed by atoms with Crippen LogP contribution in [0.4, 0.5) is 11.4 Å². The summed E-state index contributed by atoms with van der Waals surface area (Å²) in [6, 6.07) is 7.27. The lowest BCUT2D eigenvalue weighted by molar-refractivity contribution is -0.123. The van der Waals surface area contributed by atoms with Gasteiger partial charge >= 0.3 is 0 Å². The molecule has 2 atom stereocenters. The van der Waals surface area contributed by atoms with Crippen LogP contribution in [0, 0.1) is 0 Å². The SMILES string of the molecule is COc1cc(OC)c(NC(=O)CN2N=NC3C(=O)N(c4ccc(Cl)cc4)C(=O)C32)cc1Cl. The number of benzene rings is 2. The summed E-state index contributed by atoms with van der Waals surface area (Å²) in [7, 11) is 2.90. The summed E-state index contributed by atoms with van der Waals surface area (Å²) in [6.07, 6.45) is 0. The van der Waals surface area contributed by atoms with E-state index in [1.807, 2.05) is 0 Å². The van der Waals surface area contributed by atoms with E-state index in [1.165, 1.54) is 31.4 Å². The minimum Gasteiger partial charge on any atom is -0.495 e. The van der Waals surface area contributed by atoms with Crippen LogP contribution in [0.15, 0.2) is 46.7 Å². The highest BCUT2D eigenvalue weighted by molar-refractivity contribution is 6.32. The maximum atomic E-state index is 13.0. The molecule has 0 radical (unpaired) electrons. The highest BCUT2D eigenvalue weighted by Gasteiger charge is 2.55. The van der Waals surface area contributed by atoms with Gasteiger partial charge in [0, 0.05) is 11.1 Å². The van der Waals surface area contributed by atoms with Crippen molar-refractivity contribution in [1.82, 2.24) is 5.01 Å². The van der Waals surface area contributed by atoms with E-state index in [2.05, 4.69) is 15.7 Å². The minimum atomic E-state index is -1.02. The number of amides is 3. The molecule has 2 unspecified atom stereocenters. The number of methoxy groups -OCH3 is 2. The molecule has 2 aromatic carbocycles. The number of ether oxygens (including phenoxy) is 2. The number of fused-ring (bicyclic) bond motifs is 1. The van der Waals surface area contributed by atoms with Gasteiger partial charge in [-0.05, 0) is 30.3 Å². The molecule has 166 valence electrons. The van der Waals surface area contributed by atoms with Crippen molar-refractivity contribution in [2.45, 2.75) is 12.1 Å². The normalized spacial score (nSPS) is 19.4. The first-order valence-corrected chi connectivity index (χ1v) is 10.1. The summed E-state index contributed by atoms with van der Waals surface area (Å²) in [4.78, 5) is 39.4. The fourth-order valence-corrected chi connectivity index (χ4v) is 3.86. The zero-order valence-electron chi connectivity index (χ0n) is 16.9. The van der Waals surface area contributed by atoms with E-state index in [9.17, 15) is 14.4 Å². The molecule has 0 spiro atoms. The second kappa shape index (κ2) is 8.64. The van der Waals surface area contributed by atoms with Gasteiger partial charge in [0.05, 0.1) is 30.6 Å². The van der Waals surface area contributed by atoms with Crippen molar-refractivity contribution in [1.29, 1.82) is 0 Å². The minimum absolute atomic E-state index is 0.277. The van der Waals surface area contributed by atoms with Gasteiger partial charge in [0.1, 0.15) is 18.0 Å². The number of nitrogens with one attached hydrogen (secondary N) is 1. The number of hydrogen-bond donors (Lipinski definition) is 1. The lowest BCUT2D eigenvalue weighted by Crippen LogP contribution is -2.43. The molecule has 2 aliphatic rings. The fourth-order valence-electron chi connectivity index (χ4n) is 3.49. The van der Waals surface area contributed by atoms with Crippen LogP contribution in [-0.2, 0) is 14.4 Å². The third-order valence-electron chi connectivity index (χ3n) is 5.00. The standard InChI is InChI=1S/C20H17Cl2N5O5/c1-31-14-8-15(32-2)13(7-12(14)22)23-16(28)9-26-18-17(24-25-26)19(29)27(20(18)30)11-5-3-10(21)4-6-11/h3-8,17-18H,9H2,1-2H3,(H,23,28). The molecule has 0 saturated carbocycles. The van der Waals surface area contributed by atoms with Crippen LogP contribution in [0.5, 0.6) is 11.5 Å². The molecule has 0 aliphatic carbocycles. The number of hydrogen-bond acceptors (Lipinski definition) is 8. The monoisotopic (exact) mass is 477 g/mol. The molecule has 32 heavy (non-hydrogen) atoms. The molecule has 3 amide bonds. The van der Waals surface area contributed by atoms with Gasteiger partial charge in [-0.25, -0.2) is 4.90 Å². The Morgan fingerprint density at radius 1 is 1.06 bits per heavy atom. The molecule has 2 aliphatic heterocycles. The molecule has 1 saturated heterocycles. The molecule has 0 aromatic heterocycles. The van der Waals surface area contributed by atoms with Crippen molar-refractivity contribution in [2.24, 2.45) is 10.3 Å². The first kappa shape index (κ1) is 21.8. The van der Waals surface area contributed by atoms with Crippen molar-refractivity contribution in [3.63, 3.8) is 0 Å². The van der Waals surface area contributed by atoms with Crippen LogP contribution in [0.25, 0.3) is 0 Å². The second-order valence-electron chi connectivity index (χ2n) is 6.92. The quantitative estimate of drug-likeness (QED) is 0.639. The summed E-state index contributed by atoms with van der Waals surface area (Å²) in [5.74, 6) is -0.825. The molecule has 4 rings (SSSR count). The molecule has 10 nitrogen and oxygen atoms in total. The van der Waals surface area contributed by atoms with Crippen LogP contribution in [0.1, 0.15) is 0 Å². The summed E-state index contributed by atoms with van der Waals surface area (Å²) in [5.41, 5.74) is 0.684. The van der Waals surface area contributed by atoms with Crippen molar-refractivity contribution >= 4 is 52.3 Å². The first-order chi connectivity index (χ1) is 15.3. The average molecular weight is 478 g/mol. The molecule has 2 aromatic rings. The smallest absolute Gasteiger partial charge is 0.263 e. The van der Waals surface area contributed by atoms with Gasteiger partial charge < -0.3 is 14.8 Å². The number of imide groups is 1. The van der Waals surface area contributed by atoms with Crippen LogP contribution in [0.3, 0.4) is 0 Å². The predicted octanol–water partition coefficient (Wildman–Crippen LogP) is 2.94. The third-order valence-corrected chi connectivity index (χ3v) is 5.54. The zero-order valence-corrected chi connectivity index (χ0v) is 18.4. The van der Waals surface area contributed by atoms with Crippen molar-refractivity contribution in [3.05, 3.63) is 46.4 Å². The second-order valence-corrected chi connectivity index (χ2v) is 7.76. The molecular weight excluding hydrogens is 461 g/mol. The van der Waals surface area contributed by atoms with Gasteiger partial charge in [-0.15, -0.1) is 0 Å². The predicted molar refractivity (Wildman–Crippen MR) is 116 cm³/mol. The Morgan fingerprint density at radius 2 is 1.75 bits per heavy atom. The topological polar surface area (TPSA) is 113 Å². The number of anilines is 2. The molecule has 1 N–H and O–H groups in total. The maximum Gasteiger partial charge on any atom is 0.263 e. The maximum absolute atomic E-state index is 13.0. The Morgan fingerprint density at radius 3 is 2.41 bits per heavy atom. The highest BCUT2D eigenvalue weighted by atomic mass is 35.5.